The fraction of sp³-hybridized carbons (Fsp3) is 0.875. The highest BCUT2D eigenvalue weighted by atomic mass is 16.5. The van der Waals surface area contributed by atoms with Crippen molar-refractivity contribution in [3.63, 3.8) is 0 Å². The molecule has 0 radical (unpaired) electrons. The summed E-state index contributed by atoms with van der Waals surface area (Å²) in [5.74, 6) is -0.167. The molecule has 0 bridgehead atoms. The highest BCUT2D eigenvalue weighted by Crippen LogP contribution is 2.53. The second kappa shape index (κ2) is 7.25. The van der Waals surface area contributed by atoms with Crippen molar-refractivity contribution in [3.8, 4) is 0 Å². The second-order valence-electron chi connectivity index (χ2n) is 6.22. The van der Waals surface area contributed by atoms with Gasteiger partial charge in [0.25, 0.3) is 0 Å². The van der Waals surface area contributed by atoms with Gasteiger partial charge in [0.2, 0.25) is 11.8 Å². The van der Waals surface area contributed by atoms with Crippen LogP contribution in [0.2, 0.25) is 0 Å². The van der Waals surface area contributed by atoms with Crippen LogP contribution in [0.4, 0.5) is 0 Å². The maximum Gasteiger partial charge on any atom is 0.239 e. The van der Waals surface area contributed by atoms with Crippen LogP contribution in [0.25, 0.3) is 0 Å². The van der Waals surface area contributed by atoms with E-state index >= 15 is 0 Å². The van der Waals surface area contributed by atoms with Gasteiger partial charge in [-0.2, -0.15) is 0 Å². The molecule has 2 amide bonds. The molecule has 2 rings (SSSR count). The van der Waals surface area contributed by atoms with Crippen LogP contribution >= 0.6 is 0 Å². The fourth-order valence-electron chi connectivity index (χ4n) is 3.81. The van der Waals surface area contributed by atoms with E-state index in [9.17, 15) is 9.59 Å². The van der Waals surface area contributed by atoms with E-state index in [0.29, 0.717) is 12.5 Å². The normalized spacial score (nSPS) is 27.0. The Bertz CT molecular complexity index is 378. The van der Waals surface area contributed by atoms with Crippen LogP contribution in [0.3, 0.4) is 0 Å². The lowest BCUT2D eigenvalue weighted by atomic mass is 9.55. The largest absolute Gasteiger partial charge is 0.378 e. The molecule has 2 aliphatic rings. The van der Waals surface area contributed by atoms with E-state index in [-0.39, 0.29) is 29.8 Å². The Morgan fingerprint density at radius 2 is 1.86 bits per heavy atom. The van der Waals surface area contributed by atoms with Crippen LogP contribution in [0, 0.1) is 5.41 Å². The zero-order valence-corrected chi connectivity index (χ0v) is 13.2. The Kier molecular flexibility index (Phi) is 5.62. The Hall–Kier alpha value is -1.10. The molecule has 0 aromatic rings. The van der Waals surface area contributed by atoms with E-state index in [1.165, 1.54) is 19.3 Å². The molecule has 5 heteroatoms. The summed E-state index contributed by atoms with van der Waals surface area (Å²) in [6.07, 6.45) is 7.62. The molecule has 1 spiro atoms. The molecule has 0 aromatic heterocycles. The molecule has 21 heavy (non-hydrogen) atoms. The van der Waals surface area contributed by atoms with Gasteiger partial charge in [-0.05, 0) is 26.2 Å². The van der Waals surface area contributed by atoms with Crippen molar-refractivity contribution >= 4 is 11.8 Å². The van der Waals surface area contributed by atoms with E-state index in [2.05, 4.69) is 10.6 Å². The van der Waals surface area contributed by atoms with E-state index < -0.39 is 0 Å². The Morgan fingerprint density at radius 3 is 2.48 bits per heavy atom. The van der Waals surface area contributed by atoms with E-state index in [0.717, 1.165) is 25.9 Å². The predicted molar refractivity (Wildman–Crippen MR) is 80.8 cm³/mol. The van der Waals surface area contributed by atoms with Crippen LogP contribution in [0.5, 0.6) is 0 Å². The quantitative estimate of drug-likeness (QED) is 0.785. The lowest BCUT2D eigenvalue weighted by Crippen LogP contribution is -2.66. The molecule has 2 fully saturated rings. The Morgan fingerprint density at radius 1 is 1.14 bits per heavy atom. The summed E-state index contributed by atoms with van der Waals surface area (Å²) in [6.45, 7) is 4.63. The summed E-state index contributed by atoms with van der Waals surface area (Å²) >= 11 is 0. The Balaban J connectivity index is 1.87. The number of hydrogen-bond donors (Lipinski definition) is 2. The van der Waals surface area contributed by atoms with Crippen molar-refractivity contribution in [1.29, 1.82) is 0 Å². The summed E-state index contributed by atoms with van der Waals surface area (Å²) in [5.41, 5.74) is 0.138. The van der Waals surface area contributed by atoms with E-state index in [4.69, 9.17) is 4.74 Å². The molecule has 120 valence electrons. The van der Waals surface area contributed by atoms with Gasteiger partial charge in [-0.3, -0.25) is 9.59 Å². The van der Waals surface area contributed by atoms with Crippen LogP contribution in [-0.4, -0.2) is 37.1 Å². The standard InChI is InChI=1S/C16H28N2O3/c1-3-14(19)17-11-15(20)18-12-10-13(21-4-2)16(12)8-6-5-7-9-16/h12-13H,3-11H2,1-2H3,(H,17,19)(H,18,20)/t12-,13-/m0/s1. The molecule has 2 saturated carbocycles. The first-order valence-corrected chi connectivity index (χ1v) is 8.30. The van der Waals surface area contributed by atoms with Crippen molar-refractivity contribution in [1.82, 2.24) is 10.6 Å². The molecule has 2 aliphatic carbocycles. The third-order valence-corrected chi connectivity index (χ3v) is 5.04. The predicted octanol–water partition coefficient (Wildman–Crippen LogP) is 1.76. The van der Waals surface area contributed by atoms with Crippen LogP contribution in [-0.2, 0) is 14.3 Å². The summed E-state index contributed by atoms with van der Waals surface area (Å²) in [4.78, 5) is 23.2. The number of carbonyl (C=O) groups is 2. The van der Waals surface area contributed by atoms with Gasteiger partial charge in [0.1, 0.15) is 0 Å². The first kappa shape index (κ1) is 16.3. The lowest BCUT2D eigenvalue weighted by molar-refractivity contribution is -0.156. The highest BCUT2D eigenvalue weighted by molar-refractivity contribution is 5.84. The van der Waals surface area contributed by atoms with Gasteiger partial charge >= 0.3 is 0 Å². The number of hydrogen-bond acceptors (Lipinski definition) is 3. The second-order valence-corrected chi connectivity index (χ2v) is 6.22. The minimum absolute atomic E-state index is 0.0818. The van der Waals surface area contributed by atoms with Gasteiger partial charge in [0.05, 0.1) is 12.6 Å². The van der Waals surface area contributed by atoms with Crippen molar-refractivity contribution < 1.29 is 14.3 Å². The van der Waals surface area contributed by atoms with Crippen molar-refractivity contribution in [2.45, 2.75) is 70.9 Å². The van der Waals surface area contributed by atoms with E-state index in [1.807, 2.05) is 6.92 Å². The third-order valence-electron chi connectivity index (χ3n) is 5.04. The van der Waals surface area contributed by atoms with Gasteiger partial charge in [0.15, 0.2) is 0 Å². The molecule has 0 aliphatic heterocycles. The first-order chi connectivity index (χ1) is 10.1. The number of nitrogens with one attached hydrogen (secondary N) is 2. The van der Waals surface area contributed by atoms with Crippen LogP contribution in [0.1, 0.15) is 58.8 Å². The summed E-state index contributed by atoms with van der Waals surface area (Å²) in [6, 6.07) is 0.209. The average molecular weight is 296 g/mol. The summed E-state index contributed by atoms with van der Waals surface area (Å²) in [5, 5.41) is 5.74. The fourth-order valence-corrected chi connectivity index (χ4v) is 3.81. The maximum absolute atomic E-state index is 12.0. The van der Waals surface area contributed by atoms with Gasteiger partial charge in [-0.15, -0.1) is 0 Å². The van der Waals surface area contributed by atoms with E-state index in [1.54, 1.807) is 6.92 Å². The maximum atomic E-state index is 12.0. The molecular weight excluding hydrogens is 268 g/mol. The molecular formula is C16H28N2O3. The van der Waals surface area contributed by atoms with Crippen molar-refractivity contribution in [2.24, 2.45) is 5.41 Å². The van der Waals surface area contributed by atoms with Gasteiger partial charge < -0.3 is 15.4 Å². The SMILES string of the molecule is CCO[C@H]1C[C@H](NC(=O)CNC(=O)CC)C12CCCCC2. The minimum atomic E-state index is -0.0849. The highest BCUT2D eigenvalue weighted by Gasteiger charge is 2.55. The molecule has 0 aromatic carbocycles. The summed E-state index contributed by atoms with van der Waals surface area (Å²) in [7, 11) is 0. The lowest BCUT2D eigenvalue weighted by Gasteiger charge is -2.57. The monoisotopic (exact) mass is 296 g/mol. The molecule has 0 heterocycles. The minimum Gasteiger partial charge on any atom is -0.378 e. The smallest absolute Gasteiger partial charge is 0.239 e. The van der Waals surface area contributed by atoms with Crippen LogP contribution < -0.4 is 10.6 Å². The molecule has 2 N–H and O–H groups in total. The van der Waals surface area contributed by atoms with Gasteiger partial charge in [-0.1, -0.05) is 26.2 Å². The molecule has 0 saturated heterocycles. The zero-order valence-electron chi connectivity index (χ0n) is 13.2. The van der Waals surface area contributed by atoms with Crippen LogP contribution in [0.15, 0.2) is 0 Å². The average Bonchev–Trinajstić information content (AvgIpc) is 2.52. The van der Waals surface area contributed by atoms with Gasteiger partial charge in [-0.25, -0.2) is 0 Å². The van der Waals surface area contributed by atoms with Crippen molar-refractivity contribution in [3.05, 3.63) is 0 Å². The molecule has 5 nitrogen and oxygen atoms in total. The summed E-state index contributed by atoms with van der Waals surface area (Å²) < 4.78 is 5.88. The number of rotatable bonds is 6. The van der Waals surface area contributed by atoms with Gasteiger partial charge in [0, 0.05) is 24.5 Å². The molecule has 2 atom stereocenters. The number of ether oxygens (including phenoxy) is 1. The topological polar surface area (TPSA) is 67.4 Å². The molecule has 0 unspecified atom stereocenters. The number of amides is 2. The Labute approximate surface area is 127 Å². The zero-order chi connectivity index (χ0) is 15.3. The third kappa shape index (κ3) is 3.57. The number of carbonyl (C=O) groups excluding carboxylic acids is 2. The van der Waals surface area contributed by atoms with Crippen molar-refractivity contribution in [2.75, 3.05) is 13.2 Å². The first-order valence-electron chi connectivity index (χ1n) is 8.30.